The normalized spacial score (nSPS) is 13.6. The van der Waals surface area contributed by atoms with Gasteiger partial charge >= 0.3 is 52.4 Å². The SMILES string of the molecule is CCC(C)P(c1cc2ccccc2[cH-]1)C(C)CC.CCC(C)P(c1cc2ccccc2[cH-]1)C(C)CC.CP(C)c1cc2ccccc2[cH-]1.CP(C)c1cc2ccccc2[cH-]1.[Cl-].[Cl-].[Zr+2].[Zr+2]. The average Bonchev–Trinajstić information content (AvgIpc) is 4.08. The monoisotopic (exact) mass is 1120 g/mol. The van der Waals surface area contributed by atoms with Gasteiger partial charge in [-0.2, -0.15) is 24.3 Å². The van der Waals surface area contributed by atoms with Crippen LogP contribution in [0.2, 0.25) is 0 Å². The van der Waals surface area contributed by atoms with Crippen molar-refractivity contribution >= 4 is 96.0 Å². The predicted octanol–water partition coefficient (Wildman–Crippen LogP) is 10.4. The summed E-state index contributed by atoms with van der Waals surface area (Å²) in [5, 5.41) is 17.4. The summed E-state index contributed by atoms with van der Waals surface area (Å²) in [6.45, 7) is 28.2. The second-order valence-electron chi connectivity index (χ2n) is 17.0. The molecule has 0 aliphatic heterocycles. The standard InChI is InChI=1S/2C17H24P.2C11H12P.2ClH.2Zr/c2*1-5-13(3)18(14(4)6-2)17-11-15-9-7-8-10-16(15)12-17;2*1-12(2)11-7-9-5-3-4-6-10(9)8-11;;;;/h2*7-14H,5-6H2,1-4H3;2*3-8H,1-2H3;2*1H;;/q4*-1;;;2*+2/p-2. The van der Waals surface area contributed by atoms with Crippen LogP contribution >= 0.6 is 31.7 Å². The van der Waals surface area contributed by atoms with Crippen LogP contribution < -0.4 is 46.0 Å². The van der Waals surface area contributed by atoms with Gasteiger partial charge in [-0.1, -0.05) is 95.5 Å². The summed E-state index contributed by atoms with van der Waals surface area (Å²) >= 11 is 0. The number of benzene rings is 4. The summed E-state index contributed by atoms with van der Waals surface area (Å²) in [5.41, 5.74) is 3.30. The summed E-state index contributed by atoms with van der Waals surface area (Å²) in [6.07, 6.45) is 5.16. The number of halogens is 2. The van der Waals surface area contributed by atoms with Gasteiger partial charge in [-0.05, 0) is 75.0 Å². The quantitative estimate of drug-likeness (QED) is 0.0845. The molecule has 0 aromatic heterocycles. The van der Waals surface area contributed by atoms with Crippen molar-refractivity contribution in [3.63, 3.8) is 0 Å². The zero-order valence-corrected chi connectivity index (χ0v) is 50.5. The van der Waals surface area contributed by atoms with Crippen LogP contribution in [0.5, 0.6) is 0 Å². The van der Waals surface area contributed by atoms with Gasteiger partial charge in [-0.25, -0.2) is 0 Å². The summed E-state index contributed by atoms with van der Waals surface area (Å²) in [7, 11) is 0.0648. The third-order valence-corrected chi connectivity index (χ3v) is 21.9. The van der Waals surface area contributed by atoms with Crippen molar-refractivity contribution in [3.8, 4) is 0 Å². The number of rotatable bonds is 12. The van der Waals surface area contributed by atoms with E-state index in [1.54, 1.807) is 10.6 Å². The van der Waals surface area contributed by atoms with Crippen molar-refractivity contribution in [2.24, 2.45) is 0 Å². The van der Waals surface area contributed by atoms with Gasteiger partial charge in [0, 0.05) is 0 Å². The van der Waals surface area contributed by atoms with E-state index < -0.39 is 0 Å². The molecule has 0 fully saturated rings. The first-order valence-corrected chi connectivity index (χ1v) is 29.8. The minimum atomic E-state index is -0.0252. The molecule has 0 nitrogen and oxygen atoms in total. The molecule has 0 saturated heterocycles. The molecule has 0 spiro atoms. The summed E-state index contributed by atoms with van der Waals surface area (Å²) in [5.74, 6) is 0. The Bertz CT molecular complexity index is 2150. The molecule has 8 aromatic rings. The van der Waals surface area contributed by atoms with Gasteiger partial charge in [0.2, 0.25) is 0 Å². The molecule has 8 rings (SSSR count). The van der Waals surface area contributed by atoms with E-state index in [0.29, 0.717) is 0 Å². The van der Waals surface area contributed by atoms with Gasteiger partial charge in [-0.3, -0.25) is 0 Å². The van der Waals surface area contributed by atoms with Gasteiger partial charge in [0.15, 0.2) is 0 Å². The third kappa shape index (κ3) is 16.8. The fourth-order valence-corrected chi connectivity index (χ4v) is 16.1. The molecule has 0 aliphatic carbocycles. The molecule has 0 radical (unpaired) electrons. The fourth-order valence-electron chi connectivity index (χ4n) is 8.02. The molecule has 0 amide bonds. The third-order valence-electron chi connectivity index (χ3n) is 12.3. The second kappa shape index (κ2) is 30.8. The summed E-state index contributed by atoms with van der Waals surface area (Å²) in [4.78, 5) is 0. The van der Waals surface area contributed by atoms with Crippen LogP contribution in [0.25, 0.3) is 43.1 Å². The molecule has 64 heavy (non-hydrogen) atoms. The molecule has 0 N–H and O–H groups in total. The average molecular weight is 1120 g/mol. The van der Waals surface area contributed by atoms with Crippen molar-refractivity contribution in [1.82, 2.24) is 0 Å². The van der Waals surface area contributed by atoms with Crippen LogP contribution in [-0.4, -0.2) is 49.3 Å². The molecule has 4 unspecified atom stereocenters. The first-order chi connectivity index (χ1) is 28.9. The molecule has 8 heteroatoms. The van der Waals surface area contributed by atoms with Crippen molar-refractivity contribution in [3.05, 3.63) is 146 Å². The molecule has 0 saturated carbocycles. The van der Waals surface area contributed by atoms with Gasteiger partial charge in [0.25, 0.3) is 0 Å². The van der Waals surface area contributed by atoms with Crippen LogP contribution in [0.4, 0.5) is 0 Å². The Balaban J connectivity index is 0.000000424. The Hall–Kier alpha value is -0.614. The van der Waals surface area contributed by atoms with Gasteiger partial charge in [0.05, 0.1) is 0 Å². The van der Waals surface area contributed by atoms with Gasteiger partial charge in [-0.15, -0.1) is 177 Å². The van der Waals surface area contributed by atoms with Crippen molar-refractivity contribution in [2.45, 2.75) is 104 Å². The number of hydrogen-bond donors (Lipinski definition) is 0. The van der Waals surface area contributed by atoms with Crippen LogP contribution in [-0.2, 0) is 52.4 Å². The zero-order chi connectivity index (χ0) is 43.3. The minimum absolute atomic E-state index is 0. The van der Waals surface area contributed by atoms with Crippen molar-refractivity contribution < 1.29 is 77.2 Å². The Labute approximate surface area is 444 Å². The van der Waals surface area contributed by atoms with Crippen molar-refractivity contribution in [2.75, 3.05) is 26.7 Å². The van der Waals surface area contributed by atoms with E-state index in [1.165, 1.54) is 79.4 Å². The first-order valence-electron chi connectivity index (χ1n) is 22.4. The van der Waals surface area contributed by atoms with Crippen LogP contribution in [0, 0.1) is 0 Å². The van der Waals surface area contributed by atoms with E-state index in [4.69, 9.17) is 0 Å². The van der Waals surface area contributed by atoms with Crippen LogP contribution in [0.15, 0.2) is 146 Å². The largest absolute Gasteiger partial charge is 2.00 e. The Morgan fingerprint density at radius 3 is 0.766 bits per heavy atom. The summed E-state index contributed by atoms with van der Waals surface area (Å²) < 4.78 is 0. The smallest absolute Gasteiger partial charge is 1.00 e. The van der Waals surface area contributed by atoms with E-state index in [9.17, 15) is 0 Å². The molecule has 0 bridgehead atoms. The van der Waals surface area contributed by atoms with E-state index in [2.05, 4.69) is 228 Å². The Morgan fingerprint density at radius 1 is 0.359 bits per heavy atom. The fraction of sp³-hybridized carbons (Fsp3) is 0.357. The van der Waals surface area contributed by atoms with Crippen molar-refractivity contribution in [1.29, 1.82) is 0 Å². The zero-order valence-electron chi connectivity index (χ0n) is 40.5. The molecular weight excluding hydrogens is 1050 g/mol. The van der Waals surface area contributed by atoms with E-state index in [-0.39, 0.29) is 109 Å². The van der Waals surface area contributed by atoms with E-state index in [0.717, 1.165) is 22.6 Å². The molecule has 0 heterocycles. The van der Waals surface area contributed by atoms with Crippen LogP contribution in [0.3, 0.4) is 0 Å². The second-order valence-corrected chi connectivity index (χ2v) is 27.8. The number of fused-ring (bicyclic) bond motifs is 4. The Kier molecular flexibility index (Phi) is 29.5. The Morgan fingerprint density at radius 2 is 0.562 bits per heavy atom. The van der Waals surface area contributed by atoms with Gasteiger partial charge in [0.1, 0.15) is 0 Å². The molecule has 8 aromatic carbocycles. The number of hydrogen-bond acceptors (Lipinski definition) is 0. The van der Waals surface area contributed by atoms with E-state index >= 15 is 0 Å². The topological polar surface area (TPSA) is 0 Å². The maximum atomic E-state index is 2.43. The molecule has 4 atom stereocenters. The minimum Gasteiger partial charge on any atom is -1.00 e. The molecule has 0 aliphatic rings. The maximum Gasteiger partial charge on any atom is 2.00 e. The van der Waals surface area contributed by atoms with E-state index in [1.807, 2.05) is 0 Å². The molecular formula is C56H72Cl2P4Zr2-2. The maximum absolute atomic E-state index is 2.43. The molecule has 340 valence electrons. The van der Waals surface area contributed by atoms with Crippen LogP contribution in [0.1, 0.15) is 81.1 Å². The first kappa shape index (κ1) is 61.4. The van der Waals surface area contributed by atoms with Gasteiger partial charge < -0.3 is 24.8 Å². The summed E-state index contributed by atoms with van der Waals surface area (Å²) in [6, 6.07) is 53.5. The predicted molar refractivity (Wildman–Crippen MR) is 287 cm³/mol.